The van der Waals surface area contributed by atoms with Crippen molar-refractivity contribution >= 4 is 21.7 Å². The van der Waals surface area contributed by atoms with Crippen LogP contribution in [0.15, 0.2) is 70.0 Å². The zero-order valence-corrected chi connectivity index (χ0v) is 19.2. The highest BCUT2D eigenvalue weighted by Gasteiger charge is 2.28. The van der Waals surface area contributed by atoms with Gasteiger partial charge >= 0.3 is 0 Å². The summed E-state index contributed by atoms with van der Waals surface area (Å²) in [7, 11) is -1.90. The van der Waals surface area contributed by atoms with Crippen LogP contribution in [0.4, 0.5) is 5.69 Å². The molecule has 0 radical (unpaired) electrons. The van der Waals surface area contributed by atoms with E-state index in [2.05, 4.69) is 26.7 Å². The summed E-state index contributed by atoms with van der Waals surface area (Å²) in [5, 5.41) is 3.07. The van der Waals surface area contributed by atoms with Crippen molar-refractivity contribution in [3.63, 3.8) is 0 Å². The van der Waals surface area contributed by atoms with Gasteiger partial charge in [-0.05, 0) is 61.8 Å². The van der Waals surface area contributed by atoms with E-state index in [4.69, 9.17) is 4.74 Å². The van der Waals surface area contributed by atoms with E-state index in [1.807, 2.05) is 30.4 Å². The molecule has 0 saturated carbocycles. The highest BCUT2D eigenvalue weighted by molar-refractivity contribution is 7.90. The predicted octanol–water partition coefficient (Wildman–Crippen LogP) is 3.39. The molecule has 170 valence electrons. The van der Waals surface area contributed by atoms with Crippen LogP contribution in [0.3, 0.4) is 0 Å². The highest BCUT2D eigenvalue weighted by Crippen LogP contribution is 2.29. The Bertz CT molecular complexity index is 1090. The molecule has 32 heavy (non-hydrogen) atoms. The Kier molecular flexibility index (Phi) is 7.12. The number of likely N-dealkylation sites (tertiary alicyclic amines) is 1. The molecule has 0 bridgehead atoms. The number of para-hydroxylation sites is 1. The number of ether oxygens (including phenoxy) is 1. The smallest absolute Gasteiger partial charge is 0.287 e. The van der Waals surface area contributed by atoms with Crippen molar-refractivity contribution in [2.75, 3.05) is 38.2 Å². The summed E-state index contributed by atoms with van der Waals surface area (Å²) in [5.41, 5.74) is 1.89. The number of rotatable bonds is 7. The summed E-state index contributed by atoms with van der Waals surface area (Å²) in [6.07, 6.45) is 7.73. The quantitative estimate of drug-likeness (QED) is 0.647. The molecule has 0 amide bonds. The first kappa shape index (κ1) is 22.4. The van der Waals surface area contributed by atoms with Crippen LogP contribution in [-0.4, -0.2) is 52.6 Å². The molecule has 1 N–H and O–H groups in total. The van der Waals surface area contributed by atoms with Gasteiger partial charge in [0, 0.05) is 20.1 Å². The number of guanidine groups is 1. The Labute approximate surface area is 190 Å². The van der Waals surface area contributed by atoms with Gasteiger partial charge in [-0.1, -0.05) is 36.8 Å². The summed E-state index contributed by atoms with van der Waals surface area (Å²) in [4.78, 5) is 4.46. The van der Waals surface area contributed by atoms with E-state index in [0.717, 1.165) is 12.3 Å². The van der Waals surface area contributed by atoms with Gasteiger partial charge < -0.3 is 15.0 Å². The SMILES string of the molecule is CN1C(NC/C=C\COc2cccc(CN3CCCCC3)c2)=NS(=O)(=O)c2ccccc21. The van der Waals surface area contributed by atoms with Gasteiger partial charge in [0.1, 0.15) is 17.3 Å². The lowest BCUT2D eigenvalue weighted by Crippen LogP contribution is -2.42. The number of piperidine rings is 1. The van der Waals surface area contributed by atoms with E-state index in [0.29, 0.717) is 24.8 Å². The van der Waals surface area contributed by atoms with Gasteiger partial charge in [0.15, 0.2) is 0 Å². The zero-order chi connectivity index (χ0) is 22.4. The minimum atomic E-state index is -3.69. The second kappa shape index (κ2) is 10.2. The Morgan fingerprint density at radius 1 is 1.06 bits per heavy atom. The molecule has 0 atom stereocenters. The fourth-order valence-corrected chi connectivity index (χ4v) is 5.23. The molecule has 2 aliphatic rings. The third-order valence-corrected chi connectivity index (χ3v) is 6.99. The number of hydrogen-bond acceptors (Lipinski definition) is 6. The van der Waals surface area contributed by atoms with Gasteiger partial charge in [0.2, 0.25) is 5.96 Å². The van der Waals surface area contributed by atoms with Gasteiger partial charge in [-0.25, -0.2) is 0 Å². The third kappa shape index (κ3) is 5.49. The van der Waals surface area contributed by atoms with Crippen LogP contribution in [0, 0.1) is 0 Å². The average molecular weight is 455 g/mol. The number of hydrogen-bond donors (Lipinski definition) is 1. The molecule has 2 aromatic rings. The predicted molar refractivity (Wildman–Crippen MR) is 128 cm³/mol. The molecule has 2 heterocycles. The topological polar surface area (TPSA) is 74.2 Å². The summed E-state index contributed by atoms with van der Waals surface area (Å²) in [6.45, 7) is 4.21. The fraction of sp³-hybridized carbons (Fsp3) is 0.375. The van der Waals surface area contributed by atoms with Crippen molar-refractivity contribution in [1.29, 1.82) is 0 Å². The second-order valence-corrected chi connectivity index (χ2v) is 9.64. The van der Waals surface area contributed by atoms with Crippen LogP contribution >= 0.6 is 0 Å². The van der Waals surface area contributed by atoms with Crippen molar-refractivity contribution in [3.8, 4) is 5.75 Å². The minimum absolute atomic E-state index is 0.222. The van der Waals surface area contributed by atoms with Gasteiger partial charge in [0.25, 0.3) is 10.0 Å². The Morgan fingerprint density at radius 2 is 1.88 bits per heavy atom. The molecule has 0 aromatic heterocycles. The zero-order valence-electron chi connectivity index (χ0n) is 18.4. The fourth-order valence-electron chi connectivity index (χ4n) is 4.00. The Hall–Kier alpha value is -2.84. The van der Waals surface area contributed by atoms with Gasteiger partial charge in [-0.2, -0.15) is 8.42 Å². The van der Waals surface area contributed by atoms with Crippen molar-refractivity contribution in [2.45, 2.75) is 30.7 Å². The molecule has 0 unspecified atom stereocenters. The van der Waals surface area contributed by atoms with E-state index in [1.165, 1.54) is 37.9 Å². The van der Waals surface area contributed by atoms with Gasteiger partial charge in [-0.15, -0.1) is 4.40 Å². The second-order valence-electron chi connectivity index (χ2n) is 8.06. The maximum absolute atomic E-state index is 12.4. The molecule has 0 spiro atoms. The van der Waals surface area contributed by atoms with E-state index >= 15 is 0 Å². The molecule has 1 fully saturated rings. The molecule has 4 rings (SSSR count). The molecule has 2 aliphatic heterocycles. The van der Waals surface area contributed by atoms with Gasteiger partial charge in [0.05, 0.1) is 5.69 Å². The number of fused-ring (bicyclic) bond motifs is 1. The monoisotopic (exact) mass is 454 g/mol. The number of benzene rings is 2. The van der Waals surface area contributed by atoms with Crippen LogP contribution in [0.5, 0.6) is 5.75 Å². The standard InChI is InChI=1S/C24H30N4O3S/c1-27-22-12-3-4-13-23(22)32(29,30)26-24(27)25-14-5-8-17-31-21-11-9-10-20(18-21)19-28-15-6-2-7-16-28/h3-5,8-13,18H,2,6-7,14-17,19H2,1H3,(H,25,26)/b8-5-. The first-order valence-electron chi connectivity index (χ1n) is 11.0. The highest BCUT2D eigenvalue weighted by atomic mass is 32.2. The van der Waals surface area contributed by atoms with E-state index in [9.17, 15) is 8.42 Å². The Balaban J connectivity index is 1.25. The number of sulfonamides is 1. The molecular weight excluding hydrogens is 424 g/mol. The summed E-state index contributed by atoms with van der Waals surface area (Å²) in [6, 6.07) is 15.1. The van der Waals surface area contributed by atoms with Crippen LogP contribution < -0.4 is 15.0 Å². The molecular formula is C24H30N4O3S. The van der Waals surface area contributed by atoms with Crippen LogP contribution in [0.1, 0.15) is 24.8 Å². The van der Waals surface area contributed by atoms with Crippen molar-refractivity contribution in [2.24, 2.45) is 4.40 Å². The minimum Gasteiger partial charge on any atom is -0.490 e. The molecule has 2 aromatic carbocycles. The molecule has 0 aliphatic carbocycles. The summed E-state index contributed by atoms with van der Waals surface area (Å²) in [5.74, 6) is 1.16. The lowest BCUT2D eigenvalue weighted by atomic mass is 10.1. The first-order chi connectivity index (χ1) is 15.5. The number of nitrogens with one attached hydrogen (secondary N) is 1. The van der Waals surface area contributed by atoms with Crippen molar-refractivity contribution in [1.82, 2.24) is 10.2 Å². The van der Waals surface area contributed by atoms with E-state index in [-0.39, 0.29) is 4.90 Å². The van der Waals surface area contributed by atoms with Crippen molar-refractivity contribution < 1.29 is 13.2 Å². The lowest BCUT2D eigenvalue weighted by Gasteiger charge is -2.27. The average Bonchev–Trinajstić information content (AvgIpc) is 2.80. The third-order valence-electron chi connectivity index (χ3n) is 5.67. The van der Waals surface area contributed by atoms with Crippen LogP contribution in [-0.2, 0) is 16.6 Å². The van der Waals surface area contributed by atoms with Crippen LogP contribution in [0.2, 0.25) is 0 Å². The molecule has 1 saturated heterocycles. The maximum Gasteiger partial charge on any atom is 0.287 e. The largest absolute Gasteiger partial charge is 0.490 e. The summed E-state index contributed by atoms with van der Waals surface area (Å²) >= 11 is 0. The number of anilines is 1. The number of nitrogens with zero attached hydrogens (tertiary/aromatic N) is 3. The van der Waals surface area contributed by atoms with Crippen molar-refractivity contribution in [3.05, 3.63) is 66.2 Å². The van der Waals surface area contributed by atoms with E-state index < -0.39 is 10.0 Å². The Morgan fingerprint density at radius 3 is 2.72 bits per heavy atom. The molecule has 8 heteroatoms. The normalized spacial score (nSPS) is 18.3. The lowest BCUT2D eigenvalue weighted by molar-refractivity contribution is 0.220. The van der Waals surface area contributed by atoms with Crippen LogP contribution in [0.25, 0.3) is 0 Å². The van der Waals surface area contributed by atoms with Gasteiger partial charge in [-0.3, -0.25) is 4.90 Å². The molecule has 7 nitrogen and oxygen atoms in total. The maximum atomic E-state index is 12.4. The first-order valence-corrected chi connectivity index (χ1v) is 12.5. The van der Waals surface area contributed by atoms with E-state index in [1.54, 1.807) is 30.1 Å². The summed E-state index contributed by atoms with van der Waals surface area (Å²) < 4.78 is 34.5.